The Morgan fingerprint density at radius 1 is 1.45 bits per heavy atom. The minimum Gasteiger partial charge on any atom is -0.340 e. The van der Waals surface area contributed by atoms with Crippen molar-refractivity contribution in [3.63, 3.8) is 0 Å². The monoisotopic (exact) mass is 348 g/mol. The lowest BCUT2D eigenvalue weighted by atomic mass is 9.96. The molecule has 22 heavy (non-hydrogen) atoms. The van der Waals surface area contributed by atoms with Crippen molar-refractivity contribution < 1.29 is 13.2 Å². The first kappa shape index (κ1) is 17.2. The summed E-state index contributed by atoms with van der Waals surface area (Å²) in [6, 6.07) is 0. The van der Waals surface area contributed by atoms with Gasteiger partial charge >= 0.3 is 0 Å². The fourth-order valence-electron chi connectivity index (χ4n) is 2.66. The molecule has 0 spiro atoms. The van der Waals surface area contributed by atoms with E-state index in [4.69, 9.17) is 11.6 Å². The zero-order chi connectivity index (χ0) is 16.5. The van der Waals surface area contributed by atoms with E-state index >= 15 is 0 Å². The van der Waals surface area contributed by atoms with Crippen molar-refractivity contribution in [3.8, 4) is 0 Å². The number of nitrogens with zero attached hydrogens (tertiary/aromatic N) is 4. The maximum atomic E-state index is 12.5. The minimum atomic E-state index is -3.17. The van der Waals surface area contributed by atoms with Crippen molar-refractivity contribution in [1.29, 1.82) is 0 Å². The summed E-state index contributed by atoms with van der Waals surface area (Å²) in [6.45, 7) is 1.19. The Hall–Kier alpha value is -1.12. The maximum Gasteiger partial charge on any atom is 0.225 e. The topological polar surface area (TPSA) is 75.5 Å². The third kappa shape index (κ3) is 3.80. The lowest BCUT2D eigenvalue weighted by Gasteiger charge is -2.31. The summed E-state index contributed by atoms with van der Waals surface area (Å²) < 4.78 is 26.1. The van der Waals surface area contributed by atoms with Crippen LogP contribution >= 0.6 is 11.6 Å². The van der Waals surface area contributed by atoms with E-state index in [9.17, 15) is 13.2 Å². The molecule has 0 aromatic carbocycles. The second kappa shape index (κ2) is 6.55. The van der Waals surface area contributed by atoms with Crippen molar-refractivity contribution in [2.75, 3.05) is 26.4 Å². The van der Waals surface area contributed by atoms with E-state index in [1.807, 2.05) is 0 Å². The molecule has 0 N–H and O–H groups in total. The van der Waals surface area contributed by atoms with Gasteiger partial charge in [-0.2, -0.15) is 5.10 Å². The highest BCUT2D eigenvalue weighted by molar-refractivity contribution is 7.88. The van der Waals surface area contributed by atoms with Gasteiger partial charge in [0.15, 0.2) is 0 Å². The van der Waals surface area contributed by atoms with Crippen molar-refractivity contribution in [2.24, 2.45) is 13.0 Å². The van der Waals surface area contributed by atoms with Crippen LogP contribution in [0.5, 0.6) is 0 Å². The molecule has 1 aliphatic heterocycles. The van der Waals surface area contributed by atoms with E-state index in [0.29, 0.717) is 37.5 Å². The van der Waals surface area contributed by atoms with E-state index < -0.39 is 10.0 Å². The number of halogens is 1. The van der Waals surface area contributed by atoms with Gasteiger partial charge in [0.1, 0.15) is 0 Å². The molecule has 0 bridgehead atoms. The van der Waals surface area contributed by atoms with E-state index in [0.717, 1.165) is 5.69 Å². The van der Waals surface area contributed by atoms with Crippen LogP contribution in [0, 0.1) is 5.92 Å². The number of sulfonamides is 1. The molecule has 2 rings (SSSR count). The van der Waals surface area contributed by atoms with Gasteiger partial charge in [0.05, 0.1) is 29.7 Å². The predicted molar refractivity (Wildman–Crippen MR) is 83.8 cm³/mol. The molecule has 1 saturated heterocycles. The summed E-state index contributed by atoms with van der Waals surface area (Å²) in [5.41, 5.74) is 0.783. The summed E-state index contributed by atoms with van der Waals surface area (Å²) in [7, 11) is 0.344. The number of aromatic nitrogens is 2. The van der Waals surface area contributed by atoms with Crippen LogP contribution in [-0.2, 0) is 28.4 Å². The first-order valence-corrected chi connectivity index (χ1v) is 9.29. The van der Waals surface area contributed by atoms with Crippen LogP contribution in [0.25, 0.3) is 0 Å². The number of carbonyl (C=O) groups is 1. The van der Waals surface area contributed by atoms with E-state index in [1.54, 1.807) is 29.9 Å². The second-order valence-corrected chi connectivity index (χ2v) is 8.08. The molecule has 9 heteroatoms. The average Bonchev–Trinajstić information content (AvgIpc) is 2.77. The minimum absolute atomic E-state index is 0.0189. The van der Waals surface area contributed by atoms with Crippen molar-refractivity contribution in [2.45, 2.75) is 19.4 Å². The summed E-state index contributed by atoms with van der Waals surface area (Å²) >= 11 is 6.05. The van der Waals surface area contributed by atoms with Gasteiger partial charge in [0.2, 0.25) is 15.9 Å². The highest BCUT2D eigenvalue weighted by Gasteiger charge is 2.30. The zero-order valence-corrected chi connectivity index (χ0v) is 14.6. The summed E-state index contributed by atoms with van der Waals surface area (Å²) in [5.74, 6) is -0.125. The van der Waals surface area contributed by atoms with Crippen molar-refractivity contribution in [3.05, 3.63) is 16.9 Å². The van der Waals surface area contributed by atoms with E-state index in [-0.39, 0.29) is 11.8 Å². The zero-order valence-electron chi connectivity index (χ0n) is 13.0. The SMILES string of the molecule is CN(Cc1c(Cl)cnn1C)C(=O)C1CCN(S(C)(=O)=O)CC1. The van der Waals surface area contributed by atoms with Crippen LogP contribution in [0.2, 0.25) is 5.02 Å². The Kier molecular flexibility index (Phi) is 5.14. The molecule has 1 aromatic rings. The van der Waals surface area contributed by atoms with Crippen molar-refractivity contribution in [1.82, 2.24) is 19.0 Å². The molecule has 2 heterocycles. The van der Waals surface area contributed by atoms with Gasteiger partial charge < -0.3 is 4.90 Å². The molecule has 0 atom stereocenters. The molecule has 0 radical (unpaired) electrons. The smallest absolute Gasteiger partial charge is 0.225 e. The largest absolute Gasteiger partial charge is 0.340 e. The van der Waals surface area contributed by atoms with E-state index in [1.165, 1.54) is 10.6 Å². The predicted octanol–water partition coefficient (Wildman–Crippen LogP) is 0.704. The van der Waals surface area contributed by atoms with Crippen LogP contribution in [0.4, 0.5) is 0 Å². The Bertz CT molecular complexity index is 631. The molecule has 7 nitrogen and oxygen atoms in total. The van der Waals surface area contributed by atoms with Gasteiger partial charge in [0.25, 0.3) is 0 Å². The first-order valence-electron chi connectivity index (χ1n) is 7.06. The van der Waals surface area contributed by atoms with Gasteiger partial charge in [-0.3, -0.25) is 9.48 Å². The van der Waals surface area contributed by atoms with Crippen LogP contribution in [0.3, 0.4) is 0 Å². The van der Waals surface area contributed by atoms with E-state index in [2.05, 4.69) is 5.10 Å². The summed E-state index contributed by atoms with van der Waals surface area (Å²) in [5, 5.41) is 4.59. The lowest BCUT2D eigenvalue weighted by Crippen LogP contribution is -2.43. The van der Waals surface area contributed by atoms with Crippen LogP contribution in [-0.4, -0.2) is 59.7 Å². The molecular weight excluding hydrogens is 328 g/mol. The average molecular weight is 349 g/mol. The number of hydrogen-bond acceptors (Lipinski definition) is 4. The molecular formula is C13H21ClN4O3S. The highest BCUT2D eigenvalue weighted by atomic mass is 35.5. The molecule has 0 unspecified atom stereocenters. The lowest BCUT2D eigenvalue weighted by molar-refractivity contribution is -0.136. The maximum absolute atomic E-state index is 12.5. The second-order valence-electron chi connectivity index (χ2n) is 5.69. The first-order chi connectivity index (χ1) is 10.2. The van der Waals surface area contributed by atoms with Crippen LogP contribution < -0.4 is 0 Å². The summed E-state index contributed by atoms with van der Waals surface area (Å²) in [4.78, 5) is 14.1. The van der Waals surface area contributed by atoms with Gasteiger partial charge in [0, 0.05) is 33.1 Å². The number of amides is 1. The fourth-order valence-corrected chi connectivity index (χ4v) is 3.76. The molecule has 0 aliphatic carbocycles. The molecule has 1 fully saturated rings. The standard InChI is InChI=1S/C13H21ClN4O3S/c1-16(9-12-11(14)8-15-17(12)2)13(19)10-4-6-18(7-5-10)22(3,20)21/h8,10H,4-7,9H2,1-3H3. The van der Waals surface area contributed by atoms with Crippen LogP contribution in [0.1, 0.15) is 18.5 Å². The van der Waals surface area contributed by atoms with Gasteiger partial charge in [-0.25, -0.2) is 12.7 Å². The Morgan fingerprint density at radius 3 is 2.50 bits per heavy atom. The Morgan fingerprint density at radius 2 is 2.05 bits per heavy atom. The highest BCUT2D eigenvalue weighted by Crippen LogP contribution is 2.22. The van der Waals surface area contributed by atoms with Gasteiger partial charge in [-0.1, -0.05) is 11.6 Å². The van der Waals surface area contributed by atoms with Crippen LogP contribution in [0.15, 0.2) is 6.20 Å². The number of aryl methyl sites for hydroxylation is 1. The number of piperidine rings is 1. The van der Waals surface area contributed by atoms with Gasteiger partial charge in [-0.05, 0) is 12.8 Å². The third-order valence-electron chi connectivity index (χ3n) is 4.05. The van der Waals surface area contributed by atoms with Crippen molar-refractivity contribution >= 4 is 27.5 Å². The Balaban J connectivity index is 1.95. The van der Waals surface area contributed by atoms with Gasteiger partial charge in [-0.15, -0.1) is 0 Å². The molecule has 1 aliphatic rings. The molecule has 1 aromatic heterocycles. The molecule has 0 saturated carbocycles. The number of carbonyl (C=O) groups excluding carboxylic acids is 1. The molecule has 124 valence electrons. The summed E-state index contributed by atoms with van der Waals surface area (Å²) in [6.07, 6.45) is 3.86. The molecule has 1 amide bonds. The fraction of sp³-hybridized carbons (Fsp3) is 0.692. The quantitative estimate of drug-likeness (QED) is 0.802. The normalized spacial score (nSPS) is 17.6. The third-order valence-corrected chi connectivity index (χ3v) is 5.66. The number of hydrogen-bond donors (Lipinski definition) is 0. The number of rotatable bonds is 4. The Labute approximate surface area is 135 Å².